The molecule has 7 rings (SSSR count). The van der Waals surface area contributed by atoms with Gasteiger partial charge >= 0.3 is 6.18 Å². The maximum atomic E-state index is 13.7. The summed E-state index contributed by atoms with van der Waals surface area (Å²) in [5.74, 6) is 6.23. The Morgan fingerprint density at radius 2 is 1.78 bits per heavy atom. The van der Waals surface area contributed by atoms with Crippen LogP contribution in [-0.2, 0) is 21.1 Å². The van der Waals surface area contributed by atoms with Crippen molar-refractivity contribution in [2.24, 2.45) is 0 Å². The van der Waals surface area contributed by atoms with Gasteiger partial charge in [0, 0.05) is 55.0 Å². The first kappa shape index (κ1) is 31.6. The monoisotopic (exact) mass is 644 g/mol. The number of sulfone groups is 1. The summed E-state index contributed by atoms with van der Waals surface area (Å²) in [7, 11) is -3.42. The Labute approximate surface area is 262 Å². The van der Waals surface area contributed by atoms with Gasteiger partial charge in [-0.1, -0.05) is 12.0 Å². The Bertz CT molecular complexity index is 1690. The van der Waals surface area contributed by atoms with Crippen molar-refractivity contribution in [2.75, 3.05) is 43.1 Å². The van der Waals surface area contributed by atoms with E-state index in [1.807, 2.05) is 6.07 Å². The van der Waals surface area contributed by atoms with Gasteiger partial charge < -0.3 is 24.7 Å². The van der Waals surface area contributed by atoms with Gasteiger partial charge in [0.15, 0.2) is 9.84 Å². The average Bonchev–Trinajstić information content (AvgIpc) is 3.32. The van der Waals surface area contributed by atoms with E-state index in [0.29, 0.717) is 47.2 Å². The number of piperidine rings is 1. The van der Waals surface area contributed by atoms with E-state index in [2.05, 4.69) is 27.4 Å². The van der Waals surface area contributed by atoms with Crippen LogP contribution in [0.4, 0.5) is 24.5 Å². The molecule has 0 radical (unpaired) electrons. The fourth-order valence-electron chi connectivity index (χ4n) is 6.78. The zero-order valence-electron chi connectivity index (χ0n) is 25.5. The van der Waals surface area contributed by atoms with Crippen molar-refractivity contribution in [1.29, 1.82) is 0 Å². The van der Waals surface area contributed by atoms with E-state index in [1.165, 1.54) is 23.1 Å². The Hall–Kier alpha value is -3.40. The van der Waals surface area contributed by atoms with Crippen molar-refractivity contribution in [3.05, 3.63) is 48.2 Å². The number of fused-ring (bicyclic) bond motifs is 3. The summed E-state index contributed by atoms with van der Waals surface area (Å²) in [5.41, 5.74) is 2.11. The number of alkyl halides is 3. The summed E-state index contributed by atoms with van der Waals surface area (Å²) < 4.78 is 77.6. The summed E-state index contributed by atoms with van der Waals surface area (Å²) in [6.45, 7) is 3.13. The summed E-state index contributed by atoms with van der Waals surface area (Å²) in [4.78, 5) is 2.71. The molecule has 2 N–H and O–H groups in total. The number of nitrogens with zero attached hydrogens (tertiary/aromatic N) is 2. The van der Waals surface area contributed by atoms with Crippen molar-refractivity contribution in [3.8, 4) is 17.6 Å². The number of morpholine rings is 1. The number of hydrogen-bond donors (Lipinski definition) is 2. The molecule has 1 aliphatic carbocycles. The second kappa shape index (κ2) is 12.8. The van der Waals surface area contributed by atoms with Gasteiger partial charge in [0.25, 0.3) is 0 Å². The SMILES string of the molecule is CCOc1cc(S(C)(=O)=O)ccc1NCC#Cc1cc2c(N[C@H]3CC[C@H](N4CC5CC(C4)O5)CC3)cccc2n1CC(F)(F)F. The van der Waals surface area contributed by atoms with E-state index in [4.69, 9.17) is 9.47 Å². The molecule has 8 nitrogen and oxygen atoms in total. The van der Waals surface area contributed by atoms with Gasteiger partial charge in [-0.15, -0.1) is 0 Å². The molecule has 3 aliphatic heterocycles. The predicted octanol–water partition coefficient (Wildman–Crippen LogP) is 5.67. The highest BCUT2D eigenvalue weighted by atomic mass is 32.2. The van der Waals surface area contributed by atoms with Crippen molar-refractivity contribution in [1.82, 2.24) is 9.47 Å². The number of benzene rings is 2. The molecule has 0 spiro atoms. The number of aromatic nitrogens is 1. The Kier molecular flexibility index (Phi) is 8.96. The molecular formula is C33H39F3N4O4S. The molecule has 4 aliphatic rings. The van der Waals surface area contributed by atoms with Crippen LogP contribution in [0.2, 0.25) is 0 Å². The smallest absolute Gasteiger partial charge is 0.406 e. The first-order valence-corrected chi connectivity index (χ1v) is 17.4. The number of ether oxygens (including phenoxy) is 2. The van der Waals surface area contributed by atoms with Crippen LogP contribution in [0.1, 0.15) is 44.7 Å². The normalized spacial score (nSPS) is 23.6. The highest BCUT2D eigenvalue weighted by Crippen LogP contribution is 2.35. The molecule has 1 saturated carbocycles. The lowest BCUT2D eigenvalue weighted by Crippen LogP contribution is -2.60. The molecule has 0 amide bonds. The van der Waals surface area contributed by atoms with Crippen LogP contribution in [0.3, 0.4) is 0 Å². The topological polar surface area (TPSA) is 84.8 Å². The maximum absolute atomic E-state index is 13.7. The highest BCUT2D eigenvalue weighted by Gasteiger charge is 2.41. The number of hydrogen-bond acceptors (Lipinski definition) is 7. The van der Waals surface area contributed by atoms with E-state index in [1.54, 1.807) is 31.2 Å². The lowest BCUT2D eigenvalue weighted by molar-refractivity contribution is -0.189. The minimum absolute atomic E-state index is 0.116. The molecule has 1 aromatic heterocycles. The second-order valence-corrected chi connectivity index (χ2v) is 14.2. The maximum Gasteiger partial charge on any atom is 0.406 e. The average molecular weight is 645 g/mol. The largest absolute Gasteiger partial charge is 0.492 e. The third-order valence-electron chi connectivity index (χ3n) is 8.91. The number of anilines is 2. The molecule has 45 heavy (non-hydrogen) atoms. The lowest BCUT2D eigenvalue weighted by atomic mass is 9.87. The van der Waals surface area contributed by atoms with Crippen LogP contribution in [-0.4, -0.2) is 80.8 Å². The third-order valence-corrected chi connectivity index (χ3v) is 10.0. The number of nitrogens with one attached hydrogen (secondary N) is 2. The molecule has 4 heterocycles. The Morgan fingerprint density at radius 1 is 1.04 bits per heavy atom. The van der Waals surface area contributed by atoms with E-state index >= 15 is 0 Å². The van der Waals surface area contributed by atoms with E-state index in [0.717, 1.165) is 50.7 Å². The van der Waals surface area contributed by atoms with Gasteiger partial charge in [-0.05, 0) is 68.9 Å². The molecule has 3 saturated heterocycles. The number of rotatable bonds is 9. The molecule has 2 atom stereocenters. The van der Waals surface area contributed by atoms with E-state index < -0.39 is 22.6 Å². The first-order valence-electron chi connectivity index (χ1n) is 15.5. The summed E-state index contributed by atoms with van der Waals surface area (Å²) in [6, 6.07) is 12.5. The Balaban J connectivity index is 1.17. The molecule has 242 valence electrons. The van der Waals surface area contributed by atoms with Crippen LogP contribution in [0.5, 0.6) is 5.75 Å². The zero-order valence-corrected chi connectivity index (χ0v) is 26.3. The summed E-state index contributed by atoms with van der Waals surface area (Å²) in [5, 5.41) is 7.45. The lowest BCUT2D eigenvalue weighted by Gasteiger charge is -2.50. The van der Waals surface area contributed by atoms with E-state index in [-0.39, 0.29) is 23.2 Å². The van der Waals surface area contributed by atoms with Crippen molar-refractivity contribution in [2.45, 2.75) is 80.9 Å². The van der Waals surface area contributed by atoms with Gasteiger partial charge in [0.1, 0.15) is 12.3 Å². The Morgan fingerprint density at radius 3 is 2.44 bits per heavy atom. The van der Waals surface area contributed by atoms with Crippen LogP contribution in [0.25, 0.3) is 10.9 Å². The molecular weight excluding hydrogens is 605 g/mol. The van der Waals surface area contributed by atoms with Crippen LogP contribution in [0, 0.1) is 11.8 Å². The molecule has 12 heteroatoms. The molecule has 4 fully saturated rings. The van der Waals surface area contributed by atoms with Gasteiger partial charge in [-0.25, -0.2) is 8.42 Å². The van der Waals surface area contributed by atoms with Crippen molar-refractivity contribution in [3.63, 3.8) is 0 Å². The van der Waals surface area contributed by atoms with Crippen LogP contribution in [0.15, 0.2) is 47.4 Å². The van der Waals surface area contributed by atoms with Gasteiger partial charge in [-0.3, -0.25) is 4.90 Å². The fourth-order valence-corrected chi connectivity index (χ4v) is 7.42. The molecule has 2 unspecified atom stereocenters. The highest BCUT2D eigenvalue weighted by molar-refractivity contribution is 7.90. The van der Waals surface area contributed by atoms with Crippen LogP contribution < -0.4 is 15.4 Å². The van der Waals surface area contributed by atoms with Gasteiger partial charge in [-0.2, -0.15) is 13.2 Å². The minimum Gasteiger partial charge on any atom is -0.492 e. The second-order valence-electron chi connectivity index (χ2n) is 12.2. The quantitative estimate of drug-likeness (QED) is 0.291. The van der Waals surface area contributed by atoms with Crippen molar-refractivity contribution < 1.29 is 31.1 Å². The predicted molar refractivity (Wildman–Crippen MR) is 169 cm³/mol. The summed E-state index contributed by atoms with van der Waals surface area (Å²) in [6.07, 6.45) is 2.87. The fraction of sp³-hybridized carbons (Fsp3) is 0.515. The van der Waals surface area contributed by atoms with Gasteiger partial charge in [0.05, 0.1) is 47.2 Å². The standard InChI is InChI=1S/C33H39F3N4O4S/c1-3-43-32-18-27(45(2,41)42)13-14-30(32)37-15-5-6-24-16-28-29(7-4-8-31(28)40(24)21-33(34,35)36)38-22-9-11-23(12-10-22)39-19-25-17-26(20-39)44-25/h4,7-8,13-14,16,18,22-23,25-26,37-38H,3,9-12,15,17,19-21H2,1-2H3/t22-,23-,25?,26?. The molecule has 3 aromatic rings. The van der Waals surface area contributed by atoms with Gasteiger partial charge in [0.2, 0.25) is 0 Å². The van der Waals surface area contributed by atoms with Crippen molar-refractivity contribution >= 4 is 32.1 Å². The number of halogens is 3. The van der Waals surface area contributed by atoms with Crippen LogP contribution >= 0.6 is 0 Å². The van der Waals surface area contributed by atoms with E-state index in [9.17, 15) is 21.6 Å². The first-order chi connectivity index (χ1) is 21.5. The minimum atomic E-state index is -4.42. The summed E-state index contributed by atoms with van der Waals surface area (Å²) >= 11 is 0. The molecule has 2 bridgehead atoms. The zero-order chi connectivity index (χ0) is 31.8. The molecule has 2 aromatic carbocycles. The third kappa shape index (κ3) is 7.37.